The number of anilines is 1. The SMILES string of the molecule is CB(O)NCCC[C@@H]1NC(=O)CNC(=O)[C@@H](NC(=O)[C@H](C)CC(=O)[C@@H](CC(N)=O)NC(=O)[C@@H](N)Cc2c[nH]c3ccccc23)[C@@H](C)OC(=O)[C@H](C(=O)c2ccccc2N)NC(=O)[C@H]([C@H](C)CC(=O)O)CC(=O)[C@@H](CO)NC(=O)CNC(=O)[C@H](C)NC(=O)[C@@H](C)CC(=O)[C@H](CC(=O)O)NC1=O.O=C=O.O=C=O. The van der Waals surface area contributed by atoms with Crippen LogP contribution in [-0.2, 0) is 107 Å². The molecule has 3 aromatic rings. The zero-order valence-electron chi connectivity index (χ0n) is 58.5. The van der Waals surface area contributed by atoms with Crippen molar-refractivity contribution < 1.29 is 126 Å². The number of fused-ring (bicyclic) bond motifs is 1. The average molecular weight is 1490 g/mol. The van der Waals surface area contributed by atoms with Gasteiger partial charge in [-0.1, -0.05) is 51.1 Å². The maximum Gasteiger partial charge on any atom is 0.373 e. The molecule has 10 amide bonds. The summed E-state index contributed by atoms with van der Waals surface area (Å²) < 4.78 is 5.67. The number of aromatic amines is 1. The van der Waals surface area contributed by atoms with Crippen molar-refractivity contribution in [3.05, 3.63) is 65.9 Å². The Morgan fingerprint density at radius 2 is 1.28 bits per heavy atom. The maximum atomic E-state index is 14.7. The minimum absolute atomic E-state index is 0.00237. The zero-order valence-corrected chi connectivity index (χ0v) is 58.5. The number of cyclic esters (lactones) is 1. The third-order valence-electron chi connectivity index (χ3n) is 16.1. The Balaban J connectivity index is 0.00000614. The number of nitrogens with two attached hydrogens (primary N) is 3. The first kappa shape index (κ1) is 90.3. The van der Waals surface area contributed by atoms with Crippen LogP contribution in [0.15, 0.2) is 54.7 Å². The Hall–Kier alpha value is -11.8. The number of primary amides is 1. The molecular weight excluding hydrogens is 1400 g/mol. The van der Waals surface area contributed by atoms with Crippen LogP contribution in [0.3, 0.4) is 0 Å². The summed E-state index contributed by atoms with van der Waals surface area (Å²) in [6, 6.07) is -2.30. The molecule has 21 N–H and O–H groups in total. The van der Waals surface area contributed by atoms with E-state index in [2.05, 4.69) is 58.1 Å². The Bertz CT molecular complexity index is 3750. The van der Waals surface area contributed by atoms with Crippen molar-refractivity contribution in [2.45, 2.75) is 154 Å². The van der Waals surface area contributed by atoms with E-state index in [-0.39, 0.29) is 43.8 Å². The molecule has 2 aromatic carbocycles. The molecule has 576 valence electrons. The monoisotopic (exact) mass is 1490 g/mol. The van der Waals surface area contributed by atoms with Gasteiger partial charge in [0.2, 0.25) is 59.1 Å². The van der Waals surface area contributed by atoms with Crippen LogP contribution in [0, 0.1) is 23.7 Å². The molecule has 1 saturated heterocycles. The van der Waals surface area contributed by atoms with E-state index in [1.54, 1.807) is 30.5 Å². The molecule has 1 aliphatic heterocycles. The van der Waals surface area contributed by atoms with Crippen molar-refractivity contribution in [2.75, 3.05) is 32.0 Å². The topological polar surface area (TPSA) is 663 Å². The molecule has 0 spiro atoms. The van der Waals surface area contributed by atoms with E-state index in [9.17, 15) is 102 Å². The first-order valence-electron chi connectivity index (χ1n) is 32.7. The van der Waals surface area contributed by atoms with E-state index in [0.29, 0.717) is 5.56 Å². The van der Waals surface area contributed by atoms with Gasteiger partial charge in [0.1, 0.15) is 30.3 Å². The minimum Gasteiger partial charge on any atom is -0.481 e. The van der Waals surface area contributed by atoms with Gasteiger partial charge in [-0.3, -0.25) is 76.7 Å². The van der Waals surface area contributed by atoms with Gasteiger partial charge in [0.25, 0.3) is 0 Å². The van der Waals surface area contributed by atoms with Gasteiger partial charge in [0.15, 0.2) is 29.2 Å². The van der Waals surface area contributed by atoms with Crippen molar-refractivity contribution in [2.24, 2.45) is 35.1 Å². The normalized spacial score (nSPS) is 21.8. The summed E-state index contributed by atoms with van der Waals surface area (Å²) in [4.78, 5) is 267. The number of hydrogen-bond acceptors (Lipinski definition) is 27. The van der Waals surface area contributed by atoms with E-state index in [4.69, 9.17) is 41.1 Å². The van der Waals surface area contributed by atoms with E-state index >= 15 is 0 Å². The predicted octanol–water partition coefficient (Wildman–Crippen LogP) is -6.37. The highest BCUT2D eigenvalue weighted by molar-refractivity contribution is 6.45. The number of amides is 10. The van der Waals surface area contributed by atoms with Crippen LogP contribution in [0.5, 0.6) is 0 Å². The summed E-state index contributed by atoms with van der Waals surface area (Å²) >= 11 is 0. The number of para-hydroxylation sites is 2. The molecule has 41 heteroatoms. The number of aliphatic hydroxyl groups is 1. The number of esters is 1. The summed E-state index contributed by atoms with van der Waals surface area (Å²) in [6.45, 7) is 3.98. The largest absolute Gasteiger partial charge is 0.481 e. The average Bonchev–Trinajstić information content (AvgIpc) is 0.886. The van der Waals surface area contributed by atoms with Crippen LogP contribution < -0.4 is 70.3 Å². The lowest BCUT2D eigenvalue weighted by atomic mass is 9.84. The van der Waals surface area contributed by atoms with Crippen molar-refractivity contribution in [1.29, 1.82) is 0 Å². The van der Waals surface area contributed by atoms with E-state index < -0.39 is 249 Å². The number of carboxylic acid groups (broad SMARTS) is 2. The van der Waals surface area contributed by atoms with Crippen LogP contribution in [-0.4, -0.2) is 225 Å². The first-order valence-corrected chi connectivity index (χ1v) is 32.7. The highest BCUT2D eigenvalue weighted by Gasteiger charge is 2.41. The quantitative estimate of drug-likeness (QED) is 0.00990. The standard InChI is InChI=1S/C63H87BN14O22.2CO2/c1-29(20-51(86)87)37-22-47(82)44(28-79)74-50(85)26-69-58(93)32(4)72-56(91)30(2)18-46(81)43(24-52(88)89)76-61(96)41(16-11-17-71-64(6)99)73-49(84)27-70-62(97)53(33(5)100-63(98)54(78-59(37)94)55(90)36-13-7-9-14-38(36)65)77-57(92)31(3)19-45(80)42(23-48(67)83)75-60(95)39(66)21-34-25-68-40-15-10-8-12-35(34)40;2*2-1-3/h7-10,12-15,25,29-33,37,39,41-44,53-54,68,71,79,99H,11,16-24,26-28,65-66H2,1-6H3,(H2,67,83)(H,69,93)(H,70,97)(H,72,91)(H,73,84)(H,74,85)(H,75,95)(H,76,96)(H,77,92)(H,78,94)(H,86,87)(H,88,89);;/t29-,30+,31-,32+,33-,37+,39+,41+,42-,43+,44-,53+,54+;;/m1../s1. The summed E-state index contributed by atoms with van der Waals surface area (Å²) in [6.07, 6.45) is -5.45. The van der Waals surface area contributed by atoms with Crippen molar-refractivity contribution >= 4 is 136 Å². The number of hydrogen-bond donors (Lipinski definition) is 18. The Morgan fingerprint density at radius 1 is 0.698 bits per heavy atom. The molecule has 40 nitrogen and oxygen atoms in total. The number of nitrogen functional groups attached to an aromatic ring is 1. The molecule has 13 atom stereocenters. The summed E-state index contributed by atoms with van der Waals surface area (Å²) in [5.74, 6) is -26.5. The number of ether oxygens (including phenoxy) is 1. The molecule has 4 rings (SSSR count). The molecule has 0 aliphatic carbocycles. The van der Waals surface area contributed by atoms with Gasteiger partial charge < -0.3 is 100 Å². The molecule has 2 heterocycles. The second kappa shape index (κ2) is 45.4. The number of aliphatic hydroxyl groups excluding tert-OH is 1. The number of carboxylic acids is 2. The molecule has 0 unspecified atom stereocenters. The fraction of sp³-hybridized carbons (Fsp3) is 0.492. The first-order chi connectivity index (χ1) is 49.8. The number of ketones is 4. The zero-order chi connectivity index (χ0) is 80.2. The van der Waals surface area contributed by atoms with Gasteiger partial charge in [0, 0.05) is 71.8 Å². The number of benzene rings is 2. The lowest BCUT2D eigenvalue weighted by molar-refractivity contribution is -0.193. The lowest BCUT2D eigenvalue weighted by Gasteiger charge is -2.29. The van der Waals surface area contributed by atoms with Gasteiger partial charge >= 0.3 is 37.3 Å². The van der Waals surface area contributed by atoms with Crippen molar-refractivity contribution in [1.82, 2.24) is 58.1 Å². The second-order valence-electron chi connectivity index (χ2n) is 24.6. The number of rotatable bonds is 24. The van der Waals surface area contributed by atoms with Crippen LogP contribution >= 0.6 is 0 Å². The Morgan fingerprint density at radius 3 is 1.87 bits per heavy atom. The predicted molar refractivity (Wildman–Crippen MR) is 362 cm³/mol. The molecule has 0 radical (unpaired) electrons. The Labute approximate surface area is 604 Å². The van der Waals surface area contributed by atoms with E-state index in [1.807, 2.05) is 0 Å². The number of Topliss-reactive ketones (excluding diaryl/α,β-unsaturated/α-hetero) is 4. The number of carbonyl (C=O) groups is 17. The number of aromatic nitrogens is 1. The number of aliphatic carboxylic acids is 2. The molecular formula is C65H87BN14O26. The third kappa shape index (κ3) is 30.7. The molecule has 1 fully saturated rings. The molecule has 0 bridgehead atoms. The number of H-pyrrole nitrogens is 1. The van der Waals surface area contributed by atoms with Crippen molar-refractivity contribution in [3.8, 4) is 0 Å². The van der Waals surface area contributed by atoms with Gasteiger partial charge in [-0.2, -0.15) is 19.2 Å². The van der Waals surface area contributed by atoms with Crippen molar-refractivity contribution in [3.63, 3.8) is 0 Å². The Kier molecular flexibility index (Phi) is 38.6. The highest BCUT2D eigenvalue weighted by atomic mass is 16.5. The van der Waals surface area contributed by atoms with Gasteiger partial charge in [-0.15, -0.1) is 0 Å². The van der Waals surface area contributed by atoms with Crippen LogP contribution in [0.25, 0.3) is 10.9 Å². The number of carbonyl (C=O) groups excluding carboxylic acids is 19. The fourth-order valence-electron chi connectivity index (χ4n) is 10.4. The van der Waals surface area contributed by atoms with E-state index in [1.165, 1.54) is 52.7 Å². The molecule has 1 aromatic heterocycles. The summed E-state index contributed by atoms with van der Waals surface area (Å²) in [7, 11) is -1.05. The van der Waals surface area contributed by atoms with Gasteiger partial charge in [-0.25, -0.2) is 4.79 Å². The summed E-state index contributed by atoms with van der Waals surface area (Å²) in [5.41, 5.74) is 18.6. The van der Waals surface area contributed by atoms with E-state index in [0.717, 1.165) is 23.9 Å². The van der Waals surface area contributed by atoms with Crippen LogP contribution in [0.4, 0.5) is 5.69 Å². The van der Waals surface area contributed by atoms with Crippen LogP contribution in [0.1, 0.15) is 102 Å². The highest BCUT2D eigenvalue weighted by Crippen LogP contribution is 2.24. The molecule has 0 saturated carbocycles. The second-order valence-corrected chi connectivity index (χ2v) is 24.6. The lowest BCUT2D eigenvalue weighted by Crippen LogP contribution is -2.58. The number of nitrogens with one attached hydrogen (secondary N) is 11. The third-order valence-corrected chi connectivity index (χ3v) is 16.1. The minimum atomic E-state index is -2.52. The van der Waals surface area contributed by atoms with Crippen LogP contribution in [0.2, 0.25) is 6.82 Å². The maximum absolute atomic E-state index is 14.7. The van der Waals surface area contributed by atoms with Gasteiger partial charge in [-0.05, 0) is 76.2 Å². The fourth-order valence-corrected chi connectivity index (χ4v) is 10.4. The summed E-state index contributed by atoms with van der Waals surface area (Å²) in [5, 5.41) is 63.5. The molecule has 106 heavy (non-hydrogen) atoms. The smallest absolute Gasteiger partial charge is 0.373 e. The molecule has 1 aliphatic rings. The van der Waals surface area contributed by atoms with Gasteiger partial charge in [0.05, 0.1) is 50.7 Å².